The van der Waals surface area contributed by atoms with E-state index in [-0.39, 0.29) is 0 Å². The molecule has 7 heteroatoms. The Morgan fingerprint density at radius 3 is 3.00 bits per heavy atom. The maximum absolute atomic E-state index is 5.45. The molecule has 0 aliphatic rings. The van der Waals surface area contributed by atoms with Crippen LogP contribution in [0.5, 0.6) is 0 Å². The second kappa shape index (κ2) is 3.40. The fraction of sp³-hybridized carbons (Fsp3) is 0. The number of hydrogen-bond acceptors (Lipinski definition) is 6. The van der Waals surface area contributed by atoms with Gasteiger partial charge < -0.3 is 5.73 Å². The number of H-pyrrole nitrogens is 1. The van der Waals surface area contributed by atoms with Gasteiger partial charge in [-0.1, -0.05) is 0 Å². The van der Waals surface area contributed by atoms with E-state index in [0.717, 1.165) is 0 Å². The minimum Gasteiger partial charge on any atom is -0.382 e. The lowest BCUT2D eigenvalue weighted by atomic mass is 10.7. The average molecular weight is 194 g/mol. The van der Waals surface area contributed by atoms with Crippen molar-refractivity contribution in [3.63, 3.8) is 0 Å². The van der Waals surface area contributed by atoms with Crippen molar-refractivity contribution in [3.8, 4) is 0 Å². The highest BCUT2D eigenvalue weighted by Crippen LogP contribution is 2.20. The summed E-state index contributed by atoms with van der Waals surface area (Å²) in [6, 6.07) is 0. The van der Waals surface area contributed by atoms with Gasteiger partial charge in [0, 0.05) is 0 Å². The number of hydrogen-bond donors (Lipinski definition) is 2. The zero-order valence-corrected chi connectivity index (χ0v) is 7.32. The first-order valence-electron chi connectivity index (χ1n) is 3.45. The topological polar surface area (TPSA) is 93.4 Å². The fourth-order valence-corrected chi connectivity index (χ4v) is 1.41. The van der Waals surface area contributed by atoms with Gasteiger partial charge in [0.2, 0.25) is 0 Å². The molecule has 2 aromatic heterocycles. The molecule has 0 atom stereocenters. The molecule has 66 valence electrons. The van der Waals surface area contributed by atoms with Crippen molar-refractivity contribution in [3.05, 3.63) is 18.7 Å². The van der Waals surface area contributed by atoms with E-state index < -0.39 is 0 Å². The molecule has 2 heterocycles. The summed E-state index contributed by atoms with van der Waals surface area (Å²) in [4.78, 5) is 11.9. The summed E-state index contributed by atoms with van der Waals surface area (Å²) in [6.45, 7) is 0. The summed E-state index contributed by atoms with van der Waals surface area (Å²) >= 11 is 1.33. The quantitative estimate of drug-likeness (QED) is 0.715. The van der Waals surface area contributed by atoms with E-state index in [1.165, 1.54) is 24.3 Å². The zero-order valence-electron chi connectivity index (χ0n) is 6.51. The molecule has 0 saturated heterocycles. The molecule has 0 aliphatic carbocycles. The number of rotatable bonds is 2. The first kappa shape index (κ1) is 7.99. The van der Waals surface area contributed by atoms with Crippen LogP contribution in [0, 0.1) is 0 Å². The van der Waals surface area contributed by atoms with Crippen LogP contribution in [-0.4, -0.2) is 25.1 Å². The second-order valence-corrected chi connectivity index (χ2v) is 3.18. The van der Waals surface area contributed by atoms with E-state index in [0.29, 0.717) is 16.0 Å². The molecule has 0 amide bonds. The molecule has 0 unspecified atom stereocenters. The fourth-order valence-electron chi connectivity index (χ4n) is 0.754. The van der Waals surface area contributed by atoms with E-state index in [1.54, 1.807) is 6.20 Å². The average Bonchev–Trinajstić information content (AvgIpc) is 2.57. The summed E-state index contributed by atoms with van der Waals surface area (Å²) < 4.78 is 0. The van der Waals surface area contributed by atoms with Crippen LogP contribution >= 0.6 is 11.8 Å². The van der Waals surface area contributed by atoms with Gasteiger partial charge in [-0.25, -0.2) is 9.97 Å². The number of nitrogen functional groups attached to an aromatic ring is 1. The minimum atomic E-state index is 0.393. The summed E-state index contributed by atoms with van der Waals surface area (Å²) in [7, 11) is 0. The van der Waals surface area contributed by atoms with E-state index in [9.17, 15) is 0 Å². The molecular weight excluding hydrogens is 188 g/mol. The maximum atomic E-state index is 5.45. The highest BCUT2D eigenvalue weighted by atomic mass is 32.2. The first-order chi connectivity index (χ1) is 6.34. The molecule has 0 fully saturated rings. The Hall–Kier alpha value is -1.63. The minimum absolute atomic E-state index is 0.393. The van der Waals surface area contributed by atoms with Gasteiger partial charge in [-0.15, -0.1) is 0 Å². The lowest BCUT2D eigenvalue weighted by Gasteiger charge is -1.95. The lowest BCUT2D eigenvalue weighted by molar-refractivity contribution is 0.964. The Morgan fingerprint density at radius 2 is 2.31 bits per heavy atom. The van der Waals surface area contributed by atoms with Crippen LogP contribution in [0.1, 0.15) is 0 Å². The molecule has 3 N–H and O–H groups in total. The Labute approximate surface area is 78.0 Å². The van der Waals surface area contributed by atoms with Crippen LogP contribution in [0.25, 0.3) is 0 Å². The van der Waals surface area contributed by atoms with Crippen molar-refractivity contribution < 1.29 is 0 Å². The van der Waals surface area contributed by atoms with Crippen molar-refractivity contribution in [2.45, 2.75) is 10.2 Å². The van der Waals surface area contributed by atoms with Gasteiger partial charge in [0.1, 0.15) is 17.2 Å². The van der Waals surface area contributed by atoms with E-state index >= 15 is 0 Å². The second-order valence-electron chi connectivity index (χ2n) is 2.17. The standard InChI is InChI=1S/C6H6N6S/c7-4-1-8-2-5(11-4)13-6-9-3-10-12-6/h1-3H,(H2,7,11)(H,9,10,12). The Bertz CT molecular complexity index is 386. The van der Waals surface area contributed by atoms with Crippen molar-refractivity contribution >= 4 is 17.6 Å². The summed E-state index contributed by atoms with van der Waals surface area (Å²) in [5.41, 5.74) is 5.45. The van der Waals surface area contributed by atoms with Crippen molar-refractivity contribution in [2.24, 2.45) is 0 Å². The van der Waals surface area contributed by atoms with Crippen LogP contribution in [0.3, 0.4) is 0 Å². The van der Waals surface area contributed by atoms with Gasteiger partial charge in [0.15, 0.2) is 5.16 Å². The molecule has 2 rings (SSSR count). The highest BCUT2D eigenvalue weighted by Gasteiger charge is 2.01. The molecule has 2 aromatic rings. The van der Waals surface area contributed by atoms with Gasteiger partial charge in [0.05, 0.1) is 12.4 Å². The predicted octanol–water partition coefficient (Wildman–Crippen LogP) is 0.328. The van der Waals surface area contributed by atoms with E-state index in [4.69, 9.17) is 5.73 Å². The van der Waals surface area contributed by atoms with E-state index in [2.05, 4.69) is 25.1 Å². The molecule has 0 radical (unpaired) electrons. The number of aromatic nitrogens is 5. The first-order valence-corrected chi connectivity index (χ1v) is 4.27. The van der Waals surface area contributed by atoms with Crippen LogP contribution < -0.4 is 5.73 Å². The molecule has 0 spiro atoms. The summed E-state index contributed by atoms with van der Waals surface area (Å²) in [5, 5.41) is 7.76. The van der Waals surface area contributed by atoms with Crippen molar-refractivity contribution in [1.29, 1.82) is 0 Å². The number of nitrogens with two attached hydrogens (primary N) is 1. The lowest BCUT2D eigenvalue weighted by Crippen LogP contribution is -1.92. The predicted molar refractivity (Wildman–Crippen MR) is 47.0 cm³/mol. The monoisotopic (exact) mass is 194 g/mol. The molecular formula is C6H6N6S. The van der Waals surface area contributed by atoms with Gasteiger partial charge in [0.25, 0.3) is 0 Å². The summed E-state index contributed by atoms with van der Waals surface area (Å²) in [5.74, 6) is 0.393. The Kier molecular flexibility index (Phi) is 2.09. The molecule has 0 saturated carbocycles. The summed E-state index contributed by atoms with van der Waals surface area (Å²) in [6.07, 6.45) is 4.54. The van der Waals surface area contributed by atoms with E-state index in [1.807, 2.05) is 0 Å². The normalized spacial score (nSPS) is 10.2. The van der Waals surface area contributed by atoms with Gasteiger partial charge in [-0.05, 0) is 11.8 Å². The largest absolute Gasteiger partial charge is 0.382 e. The molecule has 0 aliphatic heterocycles. The van der Waals surface area contributed by atoms with Gasteiger partial charge in [-0.2, -0.15) is 5.10 Å². The van der Waals surface area contributed by atoms with Crippen molar-refractivity contribution in [2.75, 3.05) is 5.73 Å². The SMILES string of the molecule is Nc1cncc(Sc2ncn[nH]2)n1. The van der Waals surface area contributed by atoms with Gasteiger partial charge >= 0.3 is 0 Å². The van der Waals surface area contributed by atoms with Crippen LogP contribution in [0.2, 0.25) is 0 Å². The molecule has 6 nitrogen and oxygen atoms in total. The van der Waals surface area contributed by atoms with Crippen LogP contribution in [0.4, 0.5) is 5.82 Å². The molecule has 0 aromatic carbocycles. The zero-order chi connectivity index (χ0) is 9.10. The number of nitrogens with one attached hydrogen (secondary N) is 1. The van der Waals surface area contributed by atoms with Crippen LogP contribution in [0.15, 0.2) is 28.9 Å². The smallest absolute Gasteiger partial charge is 0.189 e. The number of aromatic amines is 1. The Balaban J connectivity index is 2.19. The van der Waals surface area contributed by atoms with Gasteiger partial charge in [-0.3, -0.25) is 10.1 Å². The van der Waals surface area contributed by atoms with Crippen LogP contribution in [-0.2, 0) is 0 Å². The third-order valence-corrected chi connectivity index (χ3v) is 2.02. The maximum Gasteiger partial charge on any atom is 0.189 e. The van der Waals surface area contributed by atoms with Crippen molar-refractivity contribution in [1.82, 2.24) is 25.1 Å². The third kappa shape index (κ3) is 1.94. The number of nitrogens with zero attached hydrogens (tertiary/aromatic N) is 4. The third-order valence-electron chi connectivity index (χ3n) is 1.23. The Morgan fingerprint density at radius 1 is 1.38 bits per heavy atom. The highest BCUT2D eigenvalue weighted by molar-refractivity contribution is 7.99. The molecule has 13 heavy (non-hydrogen) atoms. The number of anilines is 1. The molecule has 0 bridgehead atoms.